The first-order valence-corrected chi connectivity index (χ1v) is 2.15. The van der Waals surface area contributed by atoms with E-state index in [1.54, 1.807) is 6.08 Å². The van der Waals surface area contributed by atoms with Crippen LogP contribution in [0.5, 0.6) is 0 Å². The monoisotopic (exact) mass is 100 g/mol. The van der Waals surface area contributed by atoms with Crippen LogP contribution >= 0.6 is 0 Å². The summed E-state index contributed by atoms with van der Waals surface area (Å²) in [6, 6.07) is 0. The Morgan fingerprint density at radius 3 is 2.43 bits per heavy atom. The smallest absolute Gasteiger partial charge is 0.0234 e. The molecule has 0 spiro atoms. The molecule has 0 unspecified atom stereocenters. The number of rotatable bonds is 2. The second-order valence-corrected chi connectivity index (χ2v) is 1.14. The van der Waals surface area contributed by atoms with Crippen molar-refractivity contribution in [2.24, 2.45) is 0 Å². The molecule has 0 rings (SSSR count). The molecule has 4 N–H and O–H groups in total. The molecule has 7 heavy (non-hydrogen) atoms. The Kier molecular flexibility index (Phi) is 12.5. The van der Waals surface area contributed by atoms with E-state index in [9.17, 15) is 0 Å². The number of hydrogen-bond donors (Lipinski definition) is 2. The van der Waals surface area contributed by atoms with Crippen molar-refractivity contribution in [2.75, 3.05) is 0 Å². The summed E-state index contributed by atoms with van der Waals surface area (Å²) in [6.45, 7) is 2.08. The molecule has 0 heterocycles. The number of hydrogen-bond acceptors (Lipinski definition) is 2. The Hall–Kier alpha value is -0.590. The molecule has 0 aliphatic rings. The zero-order valence-corrected chi connectivity index (χ0v) is 4.70. The normalized spacial score (nSPS) is 5.86. The molecular weight excluding hydrogens is 88.1 g/mol. The summed E-state index contributed by atoms with van der Waals surface area (Å²) in [4.78, 5) is 0. The van der Waals surface area contributed by atoms with Gasteiger partial charge in [-0.1, -0.05) is 13.3 Å². The fraction of sp³-hybridized carbons (Fsp3) is 0.600. The van der Waals surface area contributed by atoms with Crippen LogP contribution in [0.1, 0.15) is 19.8 Å². The molecule has 0 saturated heterocycles. The summed E-state index contributed by atoms with van der Waals surface area (Å²) in [7, 11) is 0. The average molecular weight is 100 g/mol. The van der Waals surface area contributed by atoms with Gasteiger partial charge >= 0.3 is 0 Å². The molecule has 42 valence electrons. The highest BCUT2D eigenvalue weighted by Gasteiger charge is 1.64. The lowest BCUT2D eigenvalue weighted by atomic mass is 10.3. The lowest BCUT2D eigenvalue weighted by Crippen LogP contribution is -1.57. The van der Waals surface area contributed by atoms with Crippen LogP contribution in [0.15, 0.2) is 6.08 Å². The fourth-order valence-corrected chi connectivity index (χ4v) is 0.217. The van der Waals surface area contributed by atoms with Gasteiger partial charge in [0.15, 0.2) is 0 Å². The van der Waals surface area contributed by atoms with Gasteiger partial charge in [-0.25, -0.2) is 0 Å². The Labute approximate surface area is 44.3 Å². The van der Waals surface area contributed by atoms with Crippen LogP contribution in [0.3, 0.4) is 0 Å². The second-order valence-electron chi connectivity index (χ2n) is 1.14. The molecule has 2 heteroatoms. The third kappa shape index (κ3) is 10.8. The number of nitrogens with one attached hydrogen (secondary N) is 1. The minimum absolute atomic E-state index is 0. The first-order chi connectivity index (χ1) is 2.91. The van der Waals surface area contributed by atoms with Crippen LogP contribution in [-0.4, -0.2) is 5.87 Å². The van der Waals surface area contributed by atoms with Gasteiger partial charge in [-0.3, -0.25) is 5.41 Å². The third-order valence-electron chi connectivity index (χ3n) is 0.535. The molecule has 2 nitrogen and oxygen atoms in total. The number of allylic oxidation sites excluding steroid dienone is 1. The van der Waals surface area contributed by atoms with E-state index in [1.807, 2.05) is 0 Å². The molecule has 0 atom stereocenters. The first-order valence-electron chi connectivity index (χ1n) is 2.15. The molecule has 0 aromatic carbocycles. The Morgan fingerprint density at radius 1 is 1.71 bits per heavy atom. The van der Waals surface area contributed by atoms with Gasteiger partial charge in [-0.2, -0.15) is 0 Å². The highest BCUT2D eigenvalue weighted by atomic mass is 14.3. The van der Waals surface area contributed by atoms with Crippen molar-refractivity contribution < 1.29 is 0 Å². The van der Waals surface area contributed by atoms with Crippen molar-refractivity contribution in [1.29, 1.82) is 5.41 Å². The van der Waals surface area contributed by atoms with Crippen molar-refractivity contribution in [3.63, 3.8) is 0 Å². The SMILES string of the molecule is CCCC=C=N.N. The predicted molar refractivity (Wildman–Crippen MR) is 32.2 cm³/mol. The average Bonchev–Trinajstić information content (AvgIpc) is 1.61. The highest BCUT2D eigenvalue weighted by molar-refractivity contribution is 5.46. The first kappa shape index (κ1) is 9.65. The van der Waals surface area contributed by atoms with Crippen LogP contribution in [0.2, 0.25) is 0 Å². The predicted octanol–water partition coefficient (Wildman–Crippen LogP) is 1.75. The van der Waals surface area contributed by atoms with Crippen molar-refractivity contribution in [2.45, 2.75) is 19.8 Å². The summed E-state index contributed by atoms with van der Waals surface area (Å²) >= 11 is 0. The maximum Gasteiger partial charge on any atom is -0.0234 e. The van der Waals surface area contributed by atoms with E-state index >= 15 is 0 Å². The minimum atomic E-state index is 0. The lowest BCUT2D eigenvalue weighted by molar-refractivity contribution is 0.964. The van der Waals surface area contributed by atoms with Crippen molar-refractivity contribution in [1.82, 2.24) is 6.15 Å². The van der Waals surface area contributed by atoms with Gasteiger partial charge in [0.2, 0.25) is 0 Å². The Balaban J connectivity index is 0. The molecule has 0 aliphatic carbocycles. The van der Waals surface area contributed by atoms with Crippen LogP contribution < -0.4 is 6.15 Å². The van der Waals surface area contributed by atoms with Crippen molar-refractivity contribution in [3.05, 3.63) is 6.08 Å². The van der Waals surface area contributed by atoms with E-state index in [2.05, 4.69) is 12.8 Å². The maximum atomic E-state index is 6.40. The zero-order valence-electron chi connectivity index (χ0n) is 4.70. The van der Waals surface area contributed by atoms with E-state index in [0.717, 1.165) is 12.8 Å². The van der Waals surface area contributed by atoms with Gasteiger partial charge in [0.1, 0.15) is 0 Å². The topological polar surface area (TPSA) is 58.9 Å². The summed E-state index contributed by atoms with van der Waals surface area (Å²) in [5, 5.41) is 6.40. The quantitative estimate of drug-likeness (QED) is 0.510. The molecule has 0 radical (unpaired) electrons. The van der Waals surface area contributed by atoms with Gasteiger partial charge in [-0.15, -0.1) is 0 Å². The number of unbranched alkanes of at least 4 members (excludes halogenated alkanes) is 1. The molecule has 0 bridgehead atoms. The van der Waals surface area contributed by atoms with Gasteiger partial charge in [0, 0.05) is 0 Å². The van der Waals surface area contributed by atoms with Gasteiger partial charge < -0.3 is 6.15 Å². The second kappa shape index (κ2) is 9.05. The van der Waals surface area contributed by atoms with E-state index in [-0.39, 0.29) is 6.15 Å². The molecule has 0 aromatic rings. The lowest BCUT2D eigenvalue weighted by Gasteiger charge is -1.72. The summed E-state index contributed by atoms with van der Waals surface area (Å²) < 4.78 is 0. The van der Waals surface area contributed by atoms with Crippen LogP contribution in [-0.2, 0) is 0 Å². The van der Waals surface area contributed by atoms with E-state index in [1.165, 1.54) is 0 Å². The van der Waals surface area contributed by atoms with E-state index in [0.29, 0.717) is 0 Å². The fourth-order valence-electron chi connectivity index (χ4n) is 0.217. The molecular formula is C5H12N2. The summed E-state index contributed by atoms with van der Waals surface area (Å²) in [5.74, 6) is 2.19. The Bertz CT molecular complexity index is 62.5. The van der Waals surface area contributed by atoms with E-state index < -0.39 is 0 Å². The molecule has 0 fully saturated rings. The Morgan fingerprint density at radius 2 is 2.29 bits per heavy atom. The van der Waals surface area contributed by atoms with Crippen LogP contribution in [0.4, 0.5) is 0 Å². The third-order valence-corrected chi connectivity index (χ3v) is 0.535. The van der Waals surface area contributed by atoms with Gasteiger partial charge in [-0.05, 0) is 18.4 Å². The maximum absolute atomic E-state index is 6.40. The zero-order chi connectivity index (χ0) is 4.83. The highest BCUT2D eigenvalue weighted by Crippen LogP contribution is 1.81. The standard InChI is InChI=1S/C5H9N.H3N/c1-2-3-4-5-6;/h4,6H,2-3H2,1H3;1H3. The molecule has 0 aromatic heterocycles. The van der Waals surface area contributed by atoms with Gasteiger partial charge in [0.25, 0.3) is 0 Å². The minimum Gasteiger partial charge on any atom is -0.344 e. The largest absolute Gasteiger partial charge is 0.344 e. The summed E-state index contributed by atoms with van der Waals surface area (Å²) in [5.41, 5.74) is 0. The summed E-state index contributed by atoms with van der Waals surface area (Å²) in [6.07, 6.45) is 3.83. The van der Waals surface area contributed by atoms with Crippen LogP contribution in [0.25, 0.3) is 0 Å². The van der Waals surface area contributed by atoms with Crippen molar-refractivity contribution >= 4 is 5.87 Å². The molecule has 0 aliphatic heterocycles. The molecule has 0 amide bonds. The van der Waals surface area contributed by atoms with E-state index in [4.69, 9.17) is 5.41 Å². The van der Waals surface area contributed by atoms with Gasteiger partial charge in [0.05, 0.1) is 0 Å². The van der Waals surface area contributed by atoms with Crippen LogP contribution in [0, 0.1) is 5.41 Å². The molecule has 0 saturated carbocycles. The van der Waals surface area contributed by atoms with Crippen molar-refractivity contribution in [3.8, 4) is 0 Å².